The average molecular weight is 436 g/mol. The van der Waals surface area contributed by atoms with Crippen LogP contribution in [0.15, 0.2) is 28.5 Å². The lowest BCUT2D eigenvalue weighted by Crippen LogP contribution is -2.40. The second kappa shape index (κ2) is 7.83. The number of thiophene rings is 1. The lowest BCUT2D eigenvalue weighted by Gasteiger charge is -2.22. The van der Waals surface area contributed by atoms with Crippen molar-refractivity contribution in [2.45, 2.75) is 35.9 Å². The molecule has 0 aliphatic carbocycles. The molecule has 1 aliphatic heterocycles. The van der Waals surface area contributed by atoms with E-state index in [1.165, 1.54) is 12.1 Å². The quantitative estimate of drug-likeness (QED) is 0.750. The van der Waals surface area contributed by atoms with E-state index in [0.29, 0.717) is 17.2 Å². The van der Waals surface area contributed by atoms with Crippen LogP contribution in [0, 0.1) is 11.6 Å². The summed E-state index contributed by atoms with van der Waals surface area (Å²) in [6, 6.07) is 3.55. The third-order valence-corrected chi connectivity index (χ3v) is 8.04. The molecule has 0 unspecified atom stereocenters. The maximum absolute atomic E-state index is 13.8. The summed E-state index contributed by atoms with van der Waals surface area (Å²) in [5.41, 5.74) is -0.307. The van der Waals surface area contributed by atoms with Gasteiger partial charge in [0, 0.05) is 30.7 Å². The average Bonchev–Trinajstić information content (AvgIpc) is 3.23. The molecule has 146 valence electrons. The van der Waals surface area contributed by atoms with Crippen molar-refractivity contribution in [1.82, 2.24) is 4.31 Å². The van der Waals surface area contributed by atoms with Crippen molar-refractivity contribution in [2.24, 2.45) is 0 Å². The molecule has 1 N–H and O–H groups in total. The third-order valence-electron chi connectivity index (χ3n) is 4.43. The number of carbonyl (C=O) groups excluding carboxylic acids is 1. The number of phenols is 1. The molecule has 2 heterocycles. The molecule has 1 aromatic heterocycles. The van der Waals surface area contributed by atoms with Crippen molar-refractivity contribution in [3.63, 3.8) is 0 Å². The summed E-state index contributed by atoms with van der Waals surface area (Å²) in [5, 5.41) is 9.17. The number of Topliss-reactive ketones (excluding diaryl/α,β-unsaturated/α-hetero) is 1. The van der Waals surface area contributed by atoms with Crippen LogP contribution in [-0.2, 0) is 21.2 Å². The first-order valence-corrected chi connectivity index (χ1v) is 10.8. The van der Waals surface area contributed by atoms with Crippen LogP contribution in [-0.4, -0.2) is 36.2 Å². The number of rotatable bonds is 6. The van der Waals surface area contributed by atoms with Gasteiger partial charge in [0.05, 0.1) is 10.4 Å². The fraction of sp³-hybridized carbons (Fsp3) is 0.353. The van der Waals surface area contributed by atoms with Crippen LogP contribution < -0.4 is 0 Å². The molecule has 0 saturated carbocycles. The highest BCUT2D eigenvalue weighted by atomic mass is 35.5. The van der Waals surface area contributed by atoms with Crippen LogP contribution in [0.3, 0.4) is 0 Å². The Bertz CT molecular complexity index is 954. The standard InChI is InChI=1S/C17H16ClF2NO4S2/c18-16-5-6-17(26-16)27(24,25)21-7-1-2-14(21)15(23)4-3-11-12(19)8-10(22)9-13(11)20/h5-6,8-9,14,22H,1-4,7H2/t14-/m0/s1. The molecular formula is C17H16ClF2NO4S2. The normalized spacial score (nSPS) is 18.1. The Kier molecular flexibility index (Phi) is 5.85. The molecule has 1 aromatic carbocycles. The molecule has 1 aliphatic rings. The fourth-order valence-electron chi connectivity index (χ4n) is 3.14. The number of hydrogen-bond acceptors (Lipinski definition) is 5. The van der Waals surface area contributed by atoms with Crippen molar-refractivity contribution >= 4 is 38.7 Å². The van der Waals surface area contributed by atoms with Gasteiger partial charge < -0.3 is 5.11 Å². The predicted molar refractivity (Wildman–Crippen MR) is 97.6 cm³/mol. The molecule has 2 aromatic rings. The van der Waals surface area contributed by atoms with E-state index >= 15 is 0 Å². The molecule has 3 rings (SSSR count). The number of halogens is 3. The number of phenolic OH excluding ortho intramolecular Hbond substituents is 1. The Hall–Kier alpha value is -1.55. The van der Waals surface area contributed by atoms with Crippen LogP contribution in [0.4, 0.5) is 8.78 Å². The number of nitrogens with zero attached hydrogens (tertiary/aromatic N) is 1. The van der Waals surface area contributed by atoms with Crippen molar-refractivity contribution in [2.75, 3.05) is 6.54 Å². The van der Waals surface area contributed by atoms with Crippen LogP contribution >= 0.6 is 22.9 Å². The Balaban J connectivity index is 1.75. The number of hydrogen-bond donors (Lipinski definition) is 1. The Morgan fingerprint density at radius 3 is 2.56 bits per heavy atom. The summed E-state index contributed by atoms with van der Waals surface area (Å²) in [4.78, 5) is 12.6. The van der Waals surface area contributed by atoms with Crippen LogP contribution in [0.25, 0.3) is 0 Å². The Labute approximate surface area is 164 Å². The highest BCUT2D eigenvalue weighted by molar-refractivity contribution is 7.91. The Morgan fingerprint density at radius 1 is 1.30 bits per heavy atom. The van der Waals surface area contributed by atoms with Gasteiger partial charge in [0.15, 0.2) is 5.78 Å². The van der Waals surface area contributed by atoms with Gasteiger partial charge in [-0.25, -0.2) is 17.2 Å². The van der Waals surface area contributed by atoms with E-state index < -0.39 is 39.2 Å². The summed E-state index contributed by atoms with van der Waals surface area (Å²) in [6.07, 6.45) is 0.459. The van der Waals surface area contributed by atoms with Crippen LogP contribution in [0.1, 0.15) is 24.8 Å². The molecule has 5 nitrogen and oxygen atoms in total. The first-order chi connectivity index (χ1) is 12.7. The van der Waals surface area contributed by atoms with Crippen molar-refractivity contribution in [3.05, 3.63) is 45.8 Å². The van der Waals surface area contributed by atoms with Gasteiger partial charge in [-0.15, -0.1) is 11.3 Å². The van der Waals surface area contributed by atoms with E-state index in [2.05, 4.69) is 0 Å². The monoisotopic (exact) mass is 435 g/mol. The summed E-state index contributed by atoms with van der Waals surface area (Å²) >= 11 is 6.72. The number of ketones is 1. The largest absolute Gasteiger partial charge is 0.508 e. The minimum Gasteiger partial charge on any atom is -0.508 e. The molecule has 27 heavy (non-hydrogen) atoms. The summed E-state index contributed by atoms with van der Waals surface area (Å²) in [7, 11) is -3.85. The molecule has 10 heteroatoms. The summed E-state index contributed by atoms with van der Waals surface area (Å²) < 4.78 is 54.6. The fourth-order valence-corrected chi connectivity index (χ4v) is 6.44. The lowest BCUT2D eigenvalue weighted by atomic mass is 10.0. The second-order valence-electron chi connectivity index (χ2n) is 6.19. The molecule has 0 spiro atoms. The molecule has 0 bridgehead atoms. The van der Waals surface area contributed by atoms with Crippen molar-refractivity contribution < 1.29 is 27.1 Å². The lowest BCUT2D eigenvalue weighted by molar-refractivity contribution is -0.122. The molecule has 1 saturated heterocycles. The number of aromatic hydroxyl groups is 1. The highest BCUT2D eigenvalue weighted by Gasteiger charge is 2.39. The minimum atomic E-state index is -3.85. The smallest absolute Gasteiger partial charge is 0.253 e. The first kappa shape index (κ1) is 20.2. The maximum atomic E-state index is 13.8. The van der Waals surface area contributed by atoms with E-state index in [1.54, 1.807) is 0 Å². The zero-order valence-electron chi connectivity index (χ0n) is 14.0. The topological polar surface area (TPSA) is 74.7 Å². The predicted octanol–water partition coefficient (Wildman–Crippen LogP) is 3.74. The van der Waals surface area contributed by atoms with Gasteiger partial charge in [0.2, 0.25) is 0 Å². The molecular weight excluding hydrogens is 420 g/mol. The Morgan fingerprint density at radius 2 is 1.96 bits per heavy atom. The second-order valence-corrected chi connectivity index (χ2v) is 10.0. The first-order valence-electron chi connectivity index (χ1n) is 8.17. The number of carbonyl (C=O) groups is 1. The van der Waals surface area contributed by atoms with Gasteiger partial charge in [-0.3, -0.25) is 4.79 Å². The van der Waals surface area contributed by atoms with Gasteiger partial charge >= 0.3 is 0 Å². The van der Waals surface area contributed by atoms with Crippen LogP contribution in [0.5, 0.6) is 5.75 Å². The zero-order valence-corrected chi connectivity index (χ0v) is 16.4. The van der Waals surface area contributed by atoms with Crippen molar-refractivity contribution in [3.8, 4) is 5.75 Å². The van der Waals surface area contributed by atoms with Gasteiger partial charge in [0.25, 0.3) is 10.0 Å². The molecule has 0 radical (unpaired) electrons. The number of benzene rings is 1. The SMILES string of the molecule is O=C(CCc1c(F)cc(O)cc1F)[C@@H]1CCCN1S(=O)(=O)c1ccc(Cl)s1. The number of sulfonamides is 1. The summed E-state index contributed by atoms with van der Waals surface area (Å²) in [5.74, 6) is -2.82. The van der Waals surface area contributed by atoms with Crippen LogP contribution in [0.2, 0.25) is 4.34 Å². The van der Waals surface area contributed by atoms with E-state index in [0.717, 1.165) is 27.8 Å². The molecule has 1 atom stereocenters. The molecule has 1 fully saturated rings. The van der Waals surface area contributed by atoms with Gasteiger partial charge in [-0.05, 0) is 31.4 Å². The zero-order chi connectivity index (χ0) is 19.8. The van der Waals surface area contributed by atoms with Gasteiger partial charge in [-0.2, -0.15) is 4.31 Å². The van der Waals surface area contributed by atoms with E-state index in [9.17, 15) is 27.1 Å². The summed E-state index contributed by atoms with van der Waals surface area (Å²) in [6.45, 7) is 0.205. The third kappa shape index (κ3) is 4.16. The maximum Gasteiger partial charge on any atom is 0.253 e. The van der Waals surface area contributed by atoms with Gasteiger partial charge in [0.1, 0.15) is 21.6 Å². The van der Waals surface area contributed by atoms with Gasteiger partial charge in [-0.1, -0.05) is 11.6 Å². The molecule has 0 amide bonds. The van der Waals surface area contributed by atoms with E-state index in [1.807, 2.05) is 0 Å². The van der Waals surface area contributed by atoms with E-state index in [4.69, 9.17) is 11.6 Å². The van der Waals surface area contributed by atoms with E-state index in [-0.39, 0.29) is 29.2 Å². The minimum absolute atomic E-state index is 0.0582. The van der Waals surface area contributed by atoms with Crippen molar-refractivity contribution in [1.29, 1.82) is 0 Å². The highest BCUT2D eigenvalue weighted by Crippen LogP contribution is 2.33.